The van der Waals surface area contributed by atoms with E-state index in [4.69, 9.17) is 8.83 Å². The molecular weight excluding hydrogens is 282 g/mol. The van der Waals surface area contributed by atoms with Gasteiger partial charge >= 0.3 is 0 Å². The van der Waals surface area contributed by atoms with Gasteiger partial charge in [-0.25, -0.2) is 0 Å². The van der Waals surface area contributed by atoms with Crippen LogP contribution in [0.3, 0.4) is 0 Å². The van der Waals surface area contributed by atoms with E-state index in [2.05, 4.69) is 15.5 Å². The minimum Gasteiger partial charge on any atom is -0.469 e. The number of nitrogens with zero attached hydrogens (tertiary/aromatic N) is 2. The highest BCUT2D eigenvalue weighted by Gasteiger charge is 2.45. The number of hydrogen-bond acceptors (Lipinski definition) is 5. The first kappa shape index (κ1) is 12.8. The molecule has 6 heteroatoms. The Labute approximate surface area is 126 Å². The first-order valence-electron chi connectivity index (χ1n) is 7.02. The van der Waals surface area contributed by atoms with E-state index in [1.54, 1.807) is 6.26 Å². The number of carbonyl (C=O) groups excluding carboxylic acids is 1. The average Bonchev–Trinajstić information content (AvgIpc) is 2.97. The Morgan fingerprint density at radius 3 is 2.95 bits per heavy atom. The van der Waals surface area contributed by atoms with Crippen molar-refractivity contribution in [1.29, 1.82) is 0 Å². The molecule has 2 heterocycles. The molecular formula is C16H13N3O3. The number of anilines is 1. The summed E-state index contributed by atoms with van der Waals surface area (Å²) in [6, 6.07) is 11.1. The summed E-state index contributed by atoms with van der Waals surface area (Å²) >= 11 is 0. The molecule has 1 aliphatic rings. The number of furan rings is 1. The van der Waals surface area contributed by atoms with Crippen molar-refractivity contribution >= 4 is 11.6 Å². The average molecular weight is 295 g/mol. The van der Waals surface area contributed by atoms with E-state index in [1.165, 1.54) is 6.39 Å². The summed E-state index contributed by atoms with van der Waals surface area (Å²) in [6.07, 6.45) is 3.73. The second-order valence-electron chi connectivity index (χ2n) is 5.28. The topological polar surface area (TPSA) is 81.2 Å². The molecule has 22 heavy (non-hydrogen) atoms. The zero-order valence-electron chi connectivity index (χ0n) is 11.6. The van der Waals surface area contributed by atoms with Crippen LogP contribution in [-0.2, 0) is 4.79 Å². The Hall–Kier alpha value is -2.89. The van der Waals surface area contributed by atoms with Crippen LogP contribution in [0.4, 0.5) is 5.69 Å². The number of rotatable bonds is 4. The van der Waals surface area contributed by atoms with Gasteiger partial charge in [-0.15, -0.1) is 10.2 Å². The first-order valence-corrected chi connectivity index (χ1v) is 7.02. The molecule has 0 saturated heterocycles. The minimum atomic E-state index is -0.0294. The van der Waals surface area contributed by atoms with Crippen molar-refractivity contribution in [2.45, 2.75) is 12.3 Å². The van der Waals surface area contributed by atoms with E-state index >= 15 is 0 Å². The number of hydrogen-bond donors (Lipinski definition) is 1. The highest BCUT2D eigenvalue weighted by Crippen LogP contribution is 2.48. The minimum absolute atomic E-state index is 0.00378. The van der Waals surface area contributed by atoms with Crippen molar-refractivity contribution in [3.05, 3.63) is 54.8 Å². The molecule has 2 atom stereocenters. The summed E-state index contributed by atoms with van der Waals surface area (Å²) in [4.78, 5) is 12.3. The van der Waals surface area contributed by atoms with Crippen LogP contribution in [-0.4, -0.2) is 16.1 Å². The predicted octanol–water partition coefficient (Wildman–Crippen LogP) is 3.07. The van der Waals surface area contributed by atoms with Gasteiger partial charge in [0.15, 0.2) is 0 Å². The van der Waals surface area contributed by atoms with Gasteiger partial charge in [0, 0.05) is 23.1 Å². The summed E-state index contributed by atoms with van der Waals surface area (Å²) in [6.45, 7) is 0. The third kappa shape index (κ3) is 2.39. The van der Waals surface area contributed by atoms with E-state index < -0.39 is 0 Å². The zero-order valence-corrected chi connectivity index (χ0v) is 11.6. The van der Waals surface area contributed by atoms with E-state index in [0.717, 1.165) is 17.7 Å². The van der Waals surface area contributed by atoms with Gasteiger partial charge in [0.05, 0.1) is 6.26 Å². The molecule has 1 saturated carbocycles. The molecule has 1 aliphatic carbocycles. The van der Waals surface area contributed by atoms with Gasteiger partial charge in [-0.2, -0.15) is 0 Å². The molecule has 0 radical (unpaired) electrons. The lowest BCUT2D eigenvalue weighted by molar-refractivity contribution is -0.117. The van der Waals surface area contributed by atoms with Crippen LogP contribution in [0, 0.1) is 5.92 Å². The van der Waals surface area contributed by atoms with Gasteiger partial charge in [-0.05, 0) is 36.8 Å². The summed E-state index contributed by atoms with van der Waals surface area (Å²) in [5, 5.41) is 10.4. The highest BCUT2D eigenvalue weighted by molar-refractivity contribution is 5.95. The number of amides is 1. The van der Waals surface area contributed by atoms with Crippen molar-refractivity contribution in [2.24, 2.45) is 5.92 Å². The second kappa shape index (κ2) is 5.14. The van der Waals surface area contributed by atoms with Crippen LogP contribution in [0.1, 0.15) is 18.1 Å². The largest absolute Gasteiger partial charge is 0.469 e. The van der Waals surface area contributed by atoms with Crippen LogP contribution < -0.4 is 5.32 Å². The molecule has 1 amide bonds. The van der Waals surface area contributed by atoms with E-state index in [-0.39, 0.29) is 17.7 Å². The predicted molar refractivity (Wildman–Crippen MR) is 77.9 cm³/mol. The molecule has 1 fully saturated rings. The Balaban J connectivity index is 1.46. The van der Waals surface area contributed by atoms with Crippen LogP contribution in [0.25, 0.3) is 11.5 Å². The van der Waals surface area contributed by atoms with Gasteiger partial charge in [-0.1, -0.05) is 6.07 Å². The van der Waals surface area contributed by atoms with Crippen molar-refractivity contribution in [3.63, 3.8) is 0 Å². The quantitative estimate of drug-likeness (QED) is 0.800. The SMILES string of the molecule is O=C(Nc1cccc(-c2nnco2)c1)C1CC1c1ccco1. The fourth-order valence-electron chi connectivity index (χ4n) is 2.57. The van der Waals surface area contributed by atoms with E-state index in [9.17, 15) is 4.79 Å². The Morgan fingerprint density at radius 1 is 1.23 bits per heavy atom. The lowest BCUT2D eigenvalue weighted by Crippen LogP contribution is -2.14. The zero-order chi connectivity index (χ0) is 14.9. The van der Waals surface area contributed by atoms with E-state index in [0.29, 0.717) is 11.6 Å². The number of carbonyl (C=O) groups is 1. The summed E-state index contributed by atoms with van der Waals surface area (Å²) < 4.78 is 10.5. The second-order valence-corrected chi connectivity index (χ2v) is 5.28. The van der Waals surface area contributed by atoms with Crippen molar-refractivity contribution in [1.82, 2.24) is 10.2 Å². The fourth-order valence-corrected chi connectivity index (χ4v) is 2.57. The molecule has 1 N–H and O–H groups in total. The summed E-state index contributed by atoms with van der Waals surface area (Å²) in [5.41, 5.74) is 1.49. The van der Waals surface area contributed by atoms with Gasteiger partial charge < -0.3 is 14.2 Å². The maximum absolute atomic E-state index is 12.3. The van der Waals surface area contributed by atoms with Crippen LogP contribution in [0.15, 0.2) is 57.9 Å². The number of aromatic nitrogens is 2. The molecule has 110 valence electrons. The fraction of sp³-hybridized carbons (Fsp3) is 0.188. The number of benzene rings is 1. The Kier molecular flexibility index (Phi) is 3.00. The van der Waals surface area contributed by atoms with Gasteiger partial charge in [0.2, 0.25) is 18.2 Å². The number of nitrogens with one attached hydrogen (secondary N) is 1. The smallest absolute Gasteiger partial charge is 0.247 e. The van der Waals surface area contributed by atoms with Gasteiger partial charge in [0.1, 0.15) is 5.76 Å². The third-order valence-corrected chi connectivity index (χ3v) is 3.77. The van der Waals surface area contributed by atoms with Crippen LogP contribution in [0.5, 0.6) is 0 Å². The maximum atomic E-state index is 12.3. The van der Waals surface area contributed by atoms with Crippen LogP contribution >= 0.6 is 0 Å². The standard InChI is InChI=1S/C16H13N3O3/c20-15(13-8-12(13)14-5-2-6-21-14)18-11-4-1-3-10(7-11)16-19-17-9-22-16/h1-7,9,12-13H,8H2,(H,18,20). The Bertz CT molecular complexity index is 781. The Morgan fingerprint density at radius 2 is 2.18 bits per heavy atom. The molecule has 4 rings (SSSR count). The summed E-state index contributed by atoms with van der Waals surface area (Å²) in [5.74, 6) is 1.46. The molecule has 0 aliphatic heterocycles. The molecule has 1 aromatic carbocycles. The van der Waals surface area contributed by atoms with E-state index in [1.807, 2.05) is 36.4 Å². The maximum Gasteiger partial charge on any atom is 0.247 e. The monoisotopic (exact) mass is 295 g/mol. The third-order valence-electron chi connectivity index (χ3n) is 3.77. The highest BCUT2D eigenvalue weighted by atomic mass is 16.4. The molecule has 6 nitrogen and oxygen atoms in total. The molecule has 2 unspecified atom stereocenters. The van der Waals surface area contributed by atoms with Crippen molar-refractivity contribution in [3.8, 4) is 11.5 Å². The van der Waals surface area contributed by atoms with Gasteiger partial charge in [0.25, 0.3) is 0 Å². The van der Waals surface area contributed by atoms with Crippen LogP contribution in [0.2, 0.25) is 0 Å². The molecule has 0 bridgehead atoms. The van der Waals surface area contributed by atoms with Crippen molar-refractivity contribution in [2.75, 3.05) is 5.32 Å². The first-order chi connectivity index (χ1) is 10.8. The lowest BCUT2D eigenvalue weighted by atomic mass is 10.2. The van der Waals surface area contributed by atoms with Gasteiger partial charge in [-0.3, -0.25) is 4.79 Å². The molecule has 0 spiro atoms. The molecule has 2 aromatic heterocycles. The lowest BCUT2D eigenvalue weighted by Gasteiger charge is -2.05. The normalized spacial score (nSPS) is 19.8. The van der Waals surface area contributed by atoms with Crippen molar-refractivity contribution < 1.29 is 13.6 Å². The summed E-state index contributed by atoms with van der Waals surface area (Å²) in [7, 11) is 0. The molecule has 3 aromatic rings.